The molecule has 1 amide bonds. The molecule has 1 aliphatic rings. The number of nitrogens with zero attached hydrogens (tertiary/aromatic N) is 1. The molecule has 0 saturated carbocycles. The SMILES string of the molecule is CC(OC(=O)c1cccc(S(=O)(=O)Nc2ccc(Cl)cc2)c1)C(=O)Nc1ccc(S(=O)(=O)N2CCCC2)cc1. The van der Waals surface area contributed by atoms with Crippen LogP contribution < -0.4 is 10.0 Å². The van der Waals surface area contributed by atoms with Gasteiger partial charge in [-0.05, 0) is 86.5 Å². The van der Waals surface area contributed by atoms with Crippen molar-refractivity contribution in [2.45, 2.75) is 35.7 Å². The maximum absolute atomic E-state index is 12.8. The molecule has 0 radical (unpaired) electrons. The van der Waals surface area contributed by atoms with Crippen molar-refractivity contribution < 1.29 is 31.2 Å². The van der Waals surface area contributed by atoms with Crippen LogP contribution in [0, 0.1) is 0 Å². The summed E-state index contributed by atoms with van der Waals surface area (Å²) in [7, 11) is -7.60. The van der Waals surface area contributed by atoms with Gasteiger partial charge in [-0.15, -0.1) is 0 Å². The molecule has 2 N–H and O–H groups in total. The first kappa shape index (κ1) is 28.6. The van der Waals surface area contributed by atoms with Crippen LogP contribution in [-0.2, 0) is 29.6 Å². The number of carbonyl (C=O) groups is 2. The second-order valence-corrected chi connectivity index (χ2v) is 12.9. The van der Waals surface area contributed by atoms with Gasteiger partial charge in [0, 0.05) is 29.5 Å². The second kappa shape index (κ2) is 11.7. The summed E-state index contributed by atoms with van der Waals surface area (Å²) in [5, 5.41) is 3.02. The fourth-order valence-corrected chi connectivity index (χ4v) is 6.58. The zero-order valence-electron chi connectivity index (χ0n) is 20.8. The van der Waals surface area contributed by atoms with E-state index in [0.717, 1.165) is 18.9 Å². The number of esters is 1. The van der Waals surface area contributed by atoms with Gasteiger partial charge < -0.3 is 10.1 Å². The molecule has 39 heavy (non-hydrogen) atoms. The van der Waals surface area contributed by atoms with Crippen LogP contribution in [0.5, 0.6) is 0 Å². The first-order valence-electron chi connectivity index (χ1n) is 12.0. The minimum absolute atomic E-state index is 0.0647. The Morgan fingerprint density at radius 3 is 2.13 bits per heavy atom. The molecule has 1 aliphatic heterocycles. The van der Waals surface area contributed by atoms with Crippen LogP contribution >= 0.6 is 11.6 Å². The third kappa shape index (κ3) is 6.95. The van der Waals surface area contributed by atoms with Gasteiger partial charge in [0.15, 0.2) is 6.10 Å². The summed E-state index contributed by atoms with van der Waals surface area (Å²) >= 11 is 5.83. The highest BCUT2D eigenvalue weighted by atomic mass is 35.5. The molecule has 10 nitrogen and oxygen atoms in total. The highest BCUT2D eigenvalue weighted by Crippen LogP contribution is 2.23. The van der Waals surface area contributed by atoms with Gasteiger partial charge in [-0.25, -0.2) is 21.6 Å². The van der Waals surface area contributed by atoms with Crippen molar-refractivity contribution >= 4 is 54.9 Å². The number of carbonyl (C=O) groups excluding carboxylic acids is 2. The number of ether oxygens (including phenoxy) is 1. The summed E-state index contributed by atoms with van der Waals surface area (Å²) < 4.78 is 59.9. The third-order valence-corrected chi connectivity index (χ3v) is 9.50. The Morgan fingerprint density at radius 2 is 1.49 bits per heavy atom. The van der Waals surface area contributed by atoms with Crippen molar-refractivity contribution in [3.05, 3.63) is 83.4 Å². The molecule has 3 aromatic carbocycles. The van der Waals surface area contributed by atoms with E-state index in [-0.39, 0.29) is 15.4 Å². The topological polar surface area (TPSA) is 139 Å². The number of amides is 1. The molecule has 0 aromatic heterocycles. The summed E-state index contributed by atoms with van der Waals surface area (Å²) in [6.07, 6.45) is 0.423. The smallest absolute Gasteiger partial charge is 0.338 e. The third-order valence-electron chi connectivity index (χ3n) is 5.95. The van der Waals surface area contributed by atoms with Gasteiger partial charge in [-0.3, -0.25) is 9.52 Å². The fourth-order valence-electron chi connectivity index (χ4n) is 3.84. The van der Waals surface area contributed by atoms with E-state index >= 15 is 0 Å². The van der Waals surface area contributed by atoms with Gasteiger partial charge in [0.05, 0.1) is 15.4 Å². The molecular weight excluding hydrogens is 566 g/mol. The number of rotatable bonds is 9. The summed E-state index contributed by atoms with van der Waals surface area (Å²) in [4.78, 5) is 25.2. The summed E-state index contributed by atoms with van der Waals surface area (Å²) in [5.74, 6) is -1.54. The Hall–Kier alpha value is -3.45. The first-order chi connectivity index (χ1) is 18.5. The molecule has 0 spiro atoms. The number of anilines is 2. The predicted octanol–water partition coefficient (Wildman–Crippen LogP) is 4.11. The lowest BCUT2D eigenvalue weighted by molar-refractivity contribution is -0.123. The number of hydrogen-bond donors (Lipinski definition) is 2. The normalized spacial score (nSPS) is 14.9. The van der Waals surface area contributed by atoms with Gasteiger partial charge in [-0.1, -0.05) is 17.7 Å². The van der Waals surface area contributed by atoms with E-state index in [1.165, 1.54) is 78.0 Å². The molecule has 1 fully saturated rings. The minimum atomic E-state index is -4.01. The summed E-state index contributed by atoms with van der Waals surface area (Å²) in [6.45, 7) is 2.33. The molecular formula is C26H26ClN3O7S2. The average molecular weight is 592 g/mol. The Balaban J connectivity index is 1.37. The van der Waals surface area contributed by atoms with Crippen molar-refractivity contribution in [2.75, 3.05) is 23.1 Å². The predicted molar refractivity (Wildman–Crippen MR) is 147 cm³/mol. The van der Waals surface area contributed by atoms with Crippen molar-refractivity contribution in [2.24, 2.45) is 0 Å². The van der Waals surface area contributed by atoms with Crippen LogP contribution in [0.15, 0.2) is 82.6 Å². The number of sulfonamides is 2. The Labute approximate surface area is 232 Å². The van der Waals surface area contributed by atoms with Crippen molar-refractivity contribution in [3.8, 4) is 0 Å². The van der Waals surface area contributed by atoms with Gasteiger partial charge in [0.25, 0.3) is 15.9 Å². The summed E-state index contributed by atoms with van der Waals surface area (Å²) in [5.41, 5.74) is 0.550. The van der Waals surface area contributed by atoms with Gasteiger partial charge in [-0.2, -0.15) is 4.31 Å². The molecule has 1 unspecified atom stereocenters. The van der Waals surface area contributed by atoms with E-state index in [1.54, 1.807) is 0 Å². The van der Waals surface area contributed by atoms with E-state index in [2.05, 4.69) is 10.0 Å². The van der Waals surface area contributed by atoms with E-state index in [1.807, 2.05) is 0 Å². The highest BCUT2D eigenvalue weighted by molar-refractivity contribution is 7.92. The Bertz CT molecular complexity index is 1570. The van der Waals surface area contributed by atoms with Crippen molar-refractivity contribution in [3.63, 3.8) is 0 Å². The van der Waals surface area contributed by atoms with Crippen LogP contribution in [0.3, 0.4) is 0 Å². The van der Waals surface area contributed by atoms with Crippen LogP contribution in [0.1, 0.15) is 30.1 Å². The van der Waals surface area contributed by atoms with Crippen molar-refractivity contribution in [1.29, 1.82) is 0 Å². The maximum Gasteiger partial charge on any atom is 0.338 e. The van der Waals surface area contributed by atoms with Crippen LogP contribution in [-0.4, -0.2) is 52.2 Å². The standard InChI is InChI=1S/C26H26ClN3O7S2/c1-18(25(31)28-21-11-13-23(14-12-21)39(35,36)30-15-2-3-16-30)37-26(32)19-5-4-6-24(17-19)38(33,34)29-22-9-7-20(27)8-10-22/h4-14,17-18,29H,2-3,15-16H2,1H3,(H,28,31). The fraction of sp³-hybridized carbons (Fsp3) is 0.231. The average Bonchev–Trinajstić information content (AvgIpc) is 3.46. The second-order valence-electron chi connectivity index (χ2n) is 8.81. The molecule has 4 rings (SSSR count). The molecule has 0 bridgehead atoms. The lowest BCUT2D eigenvalue weighted by atomic mass is 10.2. The van der Waals surface area contributed by atoms with E-state index in [0.29, 0.717) is 29.5 Å². The number of benzene rings is 3. The monoisotopic (exact) mass is 591 g/mol. The largest absolute Gasteiger partial charge is 0.449 e. The lowest BCUT2D eigenvalue weighted by Crippen LogP contribution is -2.30. The van der Waals surface area contributed by atoms with E-state index in [9.17, 15) is 26.4 Å². The molecule has 3 aromatic rings. The number of hydrogen-bond acceptors (Lipinski definition) is 7. The quantitative estimate of drug-likeness (QED) is 0.357. The number of nitrogens with one attached hydrogen (secondary N) is 2. The molecule has 13 heteroatoms. The van der Waals surface area contributed by atoms with Crippen molar-refractivity contribution in [1.82, 2.24) is 4.31 Å². The van der Waals surface area contributed by atoms with Crippen LogP contribution in [0.4, 0.5) is 11.4 Å². The molecule has 206 valence electrons. The molecule has 0 aliphatic carbocycles. The van der Waals surface area contributed by atoms with Gasteiger partial charge >= 0.3 is 5.97 Å². The van der Waals surface area contributed by atoms with Gasteiger partial charge in [0.1, 0.15) is 0 Å². The minimum Gasteiger partial charge on any atom is -0.449 e. The molecule has 1 atom stereocenters. The zero-order chi connectivity index (χ0) is 28.2. The summed E-state index contributed by atoms with van der Waals surface area (Å²) in [6, 6.07) is 17.0. The van der Waals surface area contributed by atoms with Crippen LogP contribution in [0.25, 0.3) is 0 Å². The lowest BCUT2D eigenvalue weighted by Gasteiger charge is -2.16. The van der Waals surface area contributed by atoms with Crippen LogP contribution in [0.2, 0.25) is 5.02 Å². The highest BCUT2D eigenvalue weighted by Gasteiger charge is 2.27. The maximum atomic E-state index is 12.8. The van der Waals surface area contributed by atoms with E-state index in [4.69, 9.17) is 16.3 Å². The first-order valence-corrected chi connectivity index (χ1v) is 15.3. The number of halogens is 1. The Morgan fingerprint density at radius 1 is 0.872 bits per heavy atom. The van der Waals surface area contributed by atoms with E-state index < -0.39 is 38.0 Å². The molecule has 1 heterocycles. The Kier molecular flexibility index (Phi) is 8.60. The van der Waals surface area contributed by atoms with Gasteiger partial charge in [0.2, 0.25) is 10.0 Å². The zero-order valence-corrected chi connectivity index (χ0v) is 23.2. The molecule has 1 saturated heterocycles.